The van der Waals surface area contributed by atoms with Crippen LogP contribution in [0.5, 0.6) is 0 Å². The summed E-state index contributed by atoms with van der Waals surface area (Å²) in [5.74, 6) is 0. The van der Waals surface area contributed by atoms with Crippen LogP contribution in [-0.2, 0) is 11.3 Å². The van der Waals surface area contributed by atoms with E-state index in [4.69, 9.17) is 4.74 Å². The zero-order valence-electron chi connectivity index (χ0n) is 12.7. The molecule has 0 aliphatic rings. The van der Waals surface area contributed by atoms with Crippen LogP contribution < -0.4 is 5.32 Å². The van der Waals surface area contributed by atoms with Crippen molar-refractivity contribution in [2.75, 3.05) is 20.2 Å². The Morgan fingerprint density at radius 2 is 1.89 bits per heavy atom. The van der Waals surface area contributed by atoms with Gasteiger partial charge in [0.25, 0.3) is 0 Å². The van der Waals surface area contributed by atoms with Crippen LogP contribution in [0.25, 0.3) is 0 Å². The van der Waals surface area contributed by atoms with Crippen molar-refractivity contribution in [1.82, 2.24) is 5.32 Å². The predicted molar refractivity (Wildman–Crippen MR) is 82.3 cm³/mol. The fraction of sp³-hybridized carbons (Fsp3) is 0.647. The molecule has 1 rings (SSSR count). The minimum atomic E-state index is 0.291. The number of ether oxygens (including phenoxy) is 1. The van der Waals surface area contributed by atoms with Crippen molar-refractivity contribution in [3.63, 3.8) is 0 Å². The highest BCUT2D eigenvalue weighted by Gasteiger charge is 2.27. The van der Waals surface area contributed by atoms with E-state index in [1.807, 2.05) is 13.1 Å². The third-order valence-corrected chi connectivity index (χ3v) is 3.88. The zero-order valence-corrected chi connectivity index (χ0v) is 12.7. The lowest BCUT2D eigenvalue weighted by molar-refractivity contribution is 0.0251. The first-order chi connectivity index (χ1) is 9.26. The Bertz CT molecular complexity index is 325. The predicted octanol–water partition coefficient (Wildman–Crippen LogP) is 4.01. The maximum absolute atomic E-state index is 5.99. The topological polar surface area (TPSA) is 21.3 Å². The van der Waals surface area contributed by atoms with E-state index in [-0.39, 0.29) is 0 Å². The molecule has 0 heterocycles. The van der Waals surface area contributed by atoms with Crippen LogP contribution in [0.4, 0.5) is 0 Å². The van der Waals surface area contributed by atoms with Crippen LogP contribution >= 0.6 is 0 Å². The maximum atomic E-state index is 5.99. The van der Waals surface area contributed by atoms with Gasteiger partial charge >= 0.3 is 0 Å². The number of benzene rings is 1. The molecule has 0 bridgehead atoms. The third-order valence-electron chi connectivity index (χ3n) is 3.88. The smallest absolute Gasteiger partial charge is 0.0717 e. The minimum Gasteiger partial charge on any atom is -0.376 e. The molecule has 108 valence electrons. The molecule has 2 heteroatoms. The Morgan fingerprint density at radius 3 is 2.47 bits per heavy atom. The van der Waals surface area contributed by atoms with Crippen molar-refractivity contribution in [2.45, 2.75) is 46.1 Å². The summed E-state index contributed by atoms with van der Waals surface area (Å²) in [4.78, 5) is 0. The van der Waals surface area contributed by atoms with Crippen LogP contribution in [0.15, 0.2) is 30.3 Å². The summed E-state index contributed by atoms with van der Waals surface area (Å²) >= 11 is 0. The largest absolute Gasteiger partial charge is 0.376 e. The van der Waals surface area contributed by atoms with Gasteiger partial charge in [-0.05, 0) is 25.5 Å². The molecule has 0 fully saturated rings. The molecule has 0 amide bonds. The molecule has 0 aromatic heterocycles. The average Bonchev–Trinajstić information content (AvgIpc) is 2.46. The molecule has 1 atom stereocenters. The van der Waals surface area contributed by atoms with Gasteiger partial charge in [0.1, 0.15) is 0 Å². The molecule has 0 saturated heterocycles. The third kappa shape index (κ3) is 5.75. The standard InChI is InChI=1S/C17H29NO/c1-4-6-12-17(5-2,14-18-3)15-19-13-16-10-8-7-9-11-16/h7-11,18H,4-6,12-15H2,1-3H3. The van der Waals surface area contributed by atoms with Crippen LogP contribution in [0.3, 0.4) is 0 Å². The summed E-state index contributed by atoms with van der Waals surface area (Å²) in [6, 6.07) is 10.4. The Labute approximate surface area is 118 Å². The first kappa shape index (κ1) is 16.2. The number of rotatable bonds is 10. The second-order valence-electron chi connectivity index (χ2n) is 5.47. The van der Waals surface area contributed by atoms with Gasteiger partial charge in [-0.3, -0.25) is 0 Å². The summed E-state index contributed by atoms with van der Waals surface area (Å²) in [7, 11) is 2.04. The molecule has 19 heavy (non-hydrogen) atoms. The minimum absolute atomic E-state index is 0.291. The summed E-state index contributed by atoms with van der Waals surface area (Å²) in [6.45, 7) is 7.14. The van der Waals surface area contributed by atoms with Crippen molar-refractivity contribution in [1.29, 1.82) is 0 Å². The van der Waals surface area contributed by atoms with Gasteiger partial charge in [0, 0.05) is 12.0 Å². The molecule has 0 saturated carbocycles. The lowest BCUT2D eigenvalue weighted by Gasteiger charge is -2.32. The van der Waals surface area contributed by atoms with E-state index in [2.05, 4.69) is 43.4 Å². The SMILES string of the molecule is CCCCC(CC)(CNC)COCc1ccccc1. The molecule has 1 N–H and O–H groups in total. The van der Waals surface area contributed by atoms with Gasteiger partial charge in [-0.2, -0.15) is 0 Å². The summed E-state index contributed by atoms with van der Waals surface area (Å²) in [5, 5.41) is 3.34. The van der Waals surface area contributed by atoms with Crippen molar-refractivity contribution in [3.05, 3.63) is 35.9 Å². The molecular weight excluding hydrogens is 234 g/mol. The zero-order chi connectivity index (χ0) is 14.0. The van der Waals surface area contributed by atoms with E-state index in [1.165, 1.54) is 31.2 Å². The Hall–Kier alpha value is -0.860. The van der Waals surface area contributed by atoms with Gasteiger partial charge in [-0.1, -0.05) is 57.0 Å². The van der Waals surface area contributed by atoms with Crippen molar-refractivity contribution >= 4 is 0 Å². The summed E-state index contributed by atoms with van der Waals surface area (Å²) < 4.78 is 5.99. The van der Waals surface area contributed by atoms with E-state index in [0.29, 0.717) is 5.41 Å². The molecule has 1 aromatic rings. The molecule has 0 aliphatic carbocycles. The molecular formula is C17H29NO. The fourth-order valence-corrected chi connectivity index (χ4v) is 2.50. The van der Waals surface area contributed by atoms with Gasteiger partial charge in [0.2, 0.25) is 0 Å². The second kappa shape index (κ2) is 9.11. The highest BCUT2D eigenvalue weighted by molar-refractivity contribution is 5.13. The van der Waals surface area contributed by atoms with Gasteiger partial charge in [0.05, 0.1) is 13.2 Å². The molecule has 1 aromatic carbocycles. The number of hydrogen-bond acceptors (Lipinski definition) is 2. The normalized spacial score (nSPS) is 14.3. The number of unbranched alkanes of at least 4 members (excludes halogenated alkanes) is 1. The monoisotopic (exact) mass is 263 g/mol. The van der Waals surface area contributed by atoms with Crippen molar-refractivity contribution < 1.29 is 4.74 Å². The van der Waals surface area contributed by atoms with Gasteiger partial charge in [0.15, 0.2) is 0 Å². The van der Waals surface area contributed by atoms with Crippen molar-refractivity contribution in [3.8, 4) is 0 Å². The van der Waals surface area contributed by atoms with Crippen LogP contribution in [-0.4, -0.2) is 20.2 Å². The second-order valence-corrected chi connectivity index (χ2v) is 5.47. The molecule has 0 radical (unpaired) electrons. The molecule has 0 aliphatic heterocycles. The van der Waals surface area contributed by atoms with E-state index in [9.17, 15) is 0 Å². The van der Waals surface area contributed by atoms with E-state index in [1.54, 1.807) is 0 Å². The van der Waals surface area contributed by atoms with E-state index in [0.717, 1.165) is 19.8 Å². The molecule has 1 unspecified atom stereocenters. The van der Waals surface area contributed by atoms with Crippen LogP contribution in [0.1, 0.15) is 45.1 Å². The van der Waals surface area contributed by atoms with Crippen molar-refractivity contribution in [2.24, 2.45) is 5.41 Å². The maximum Gasteiger partial charge on any atom is 0.0717 e. The lowest BCUT2D eigenvalue weighted by atomic mass is 9.81. The summed E-state index contributed by atoms with van der Waals surface area (Å²) in [5.41, 5.74) is 1.55. The number of hydrogen-bond donors (Lipinski definition) is 1. The molecule has 0 spiro atoms. The van der Waals surface area contributed by atoms with Crippen LogP contribution in [0, 0.1) is 5.41 Å². The van der Waals surface area contributed by atoms with E-state index >= 15 is 0 Å². The first-order valence-corrected chi connectivity index (χ1v) is 7.52. The highest BCUT2D eigenvalue weighted by atomic mass is 16.5. The van der Waals surface area contributed by atoms with Gasteiger partial charge in [-0.15, -0.1) is 0 Å². The van der Waals surface area contributed by atoms with Gasteiger partial charge in [-0.25, -0.2) is 0 Å². The first-order valence-electron chi connectivity index (χ1n) is 7.52. The van der Waals surface area contributed by atoms with Gasteiger partial charge < -0.3 is 10.1 Å². The summed E-state index contributed by atoms with van der Waals surface area (Å²) in [6.07, 6.45) is 4.95. The Balaban J connectivity index is 2.47. The molecule has 2 nitrogen and oxygen atoms in total. The average molecular weight is 263 g/mol. The quantitative estimate of drug-likeness (QED) is 0.688. The van der Waals surface area contributed by atoms with E-state index < -0.39 is 0 Å². The highest BCUT2D eigenvalue weighted by Crippen LogP contribution is 2.29. The Morgan fingerprint density at radius 1 is 1.16 bits per heavy atom. The fourth-order valence-electron chi connectivity index (χ4n) is 2.50. The Kier molecular flexibility index (Phi) is 7.76. The lowest BCUT2D eigenvalue weighted by Crippen LogP contribution is -2.36. The number of nitrogens with one attached hydrogen (secondary N) is 1. The van der Waals surface area contributed by atoms with Crippen LogP contribution in [0.2, 0.25) is 0 Å².